The molecule has 0 N–H and O–H groups in total. The van der Waals surface area contributed by atoms with E-state index in [4.69, 9.17) is 9.97 Å². The van der Waals surface area contributed by atoms with Gasteiger partial charge in [0.15, 0.2) is 0 Å². The number of para-hydroxylation sites is 5. The van der Waals surface area contributed by atoms with Gasteiger partial charge in [0, 0.05) is 38.4 Å². The van der Waals surface area contributed by atoms with Crippen molar-refractivity contribution in [1.82, 2.24) is 19.1 Å². The van der Waals surface area contributed by atoms with Crippen molar-refractivity contribution in [3.63, 3.8) is 0 Å². The summed E-state index contributed by atoms with van der Waals surface area (Å²) < 4.78 is 4.91. The Hall–Kier alpha value is -6.98. The molecule has 238 valence electrons. The van der Waals surface area contributed by atoms with Gasteiger partial charge in [0.1, 0.15) is 0 Å². The van der Waals surface area contributed by atoms with E-state index in [1.807, 2.05) is 12.1 Å². The molecule has 7 aromatic carbocycles. The monoisotopic (exact) mass is 651 g/mol. The smallest absolute Gasteiger partial charge is 0.235 e. The van der Waals surface area contributed by atoms with Crippen LogP contribution in [0.15, 0.2) is 176 Å². The van der Waals surface area contributed by atoms with Gasteiger partial charge in [-0.05, 0) is 42.5 Å². The molecule has 11 rings (SSSR count). The molecule has 0 amide bonds. The molecule has 1 aliphatic heterocycles. The van der Waals surface area contributed by atoms with E-state index in [2.05, 4.69) is 178 Å². The average molecular weight is 652 g/mol. The van der Waals surface area contributed by atoms with Crippen LogP contribution in [0.5, 0.6) is 0 Å². The van der Waals surface area contributed by atoms with E-state index < -0.39 is 0 Å². The summed E-state index contributed by atoms with van der Waals surface area (Å²) in [5.74, 6) is 0.634. The Kier molecular flexibility index (Phi) is 5.89. The minimum Gasteiger partial charge on any atom is -0.307 e. The van der Waals surface area contributed by atoms with Crippen molar-refractivity contribution in [2.24, 2.45) is 0 Å². The maximum absolute atomic E-state index is 5.30. The first-order valence-corrected chi connectivity index (χ1v) is 17.3. The second kappa shape index (κ2) is 10.8. The molecule has 0 aliphatic carbocycles. The van der Waals surface area contributed by atoms with Crippen LogP contribution >= 0.6 is 0 Å². The minimum absolute atomic E-state index is 0.634. The summed E-state index contributed by atoms with van der Waals surface area (Å²) in [5.41, 5.74) is 12.9. The quantitative estimate of drug-likeness (QED) is 0.190. The zero-order chi connectivity index (χ0) is 33.5. The second-order valence-electron chi connectivity index (χ2n) is 13.0. The topological polar surface area (TPSA) is 38.9 Å². The molecule has 51 heavy (non-hydrogen) atoms. The van der Waals surface area contributed by atoms with E-state index in [0.29, 0.717) is 5.95 Å². The fourth-order valence-corrected chi connectivity index (χ4v) is 8.08. The van der Waals surface area contributed by atoms with Gasteiger partial charge in [0.05, 0.1) is 50.5 Å². The molecule has 10 aromatic rings. The number of hydrogen-bond donors (Lipinski definition) is 0. The Morgan fingerprint density at radius 3 is 1.57 bits per heavy atom. The van der Waals surface area contributed by atoms with Gasteiger partial charge in [0.25, 0.3) is 0 Å². The van der Waals surface area contributed by atoms with Gasteiger partial charge in [-0.3, -0.25) is 4.90 Å². The lowest BCUT2D eigenvalue weighted by Gasteiger charge is -2.32. The van der Waals surface area contributed by atoms with E-state index in [-0.39, 0.29) is 0 Å². The standard InChI is InChI=1S/C46H29N5/c1-4-15-30(16-5-1)37-29-38(31-17-6-2-7-18-31)48-46(47-37)50-40-24-12-13-25-41(40)51-43-34(22-14-26-42(43)50)36-28-27-35-33-21-10-11-23-39(33)49(44(35)45(36)51)32-19-8-3-9-20-32/h1-29H. The lowest BCUT2D eigenvalue weighted by Crippen LogP contribution is -2.20. The SMILES string of the molecule is c1ccc(-c2cc(-c3ccccc3)nc(N3c4ccccc4-n4c5c3cccc5c3ccc5c6ccccc6n(-c6ccccc6)c5c34)n2)cc1. The Balaban J connectivity index is 1.27. The van der Waals surface area contributed by atoms with Crippen molar-refractivity contribution in [2.75, 3.05) is 4.90 Å². The zero-order valence-electron chi connectivity index (χ0n) is 27.5. The summed E-state index contributed by atoms with van der Waals surface area (Å²) in [7, 11) is 0. The van der Waals surface area contributed by atoms with Crippen LogP contribution in [0.25, 0.3) is 77.5 Å². The average Bonchev–Trinajstić information content (AvgIpc) is 3.73. The molecule has 5 nitrogen and oxygen atoms in total. The number of aromatic nitrogens is 4. The van der Waals surface area contributed by atoms with E-state index in [1.165, 1.54) is 38.1 Å². The normalized spacial score (nSPS) is 12.3. The molecule has 1 aliphatic rings. The molecule has 0 bridgehead atoms. The first-order valence-electron chi connectivity index (χ1n) is 17.3. The molecule has 0 fully saturated rings. The molecule has 0 saturated carbocycles. The number of hydrogen-bond acceptors (Lipinski definition) is 3. The van der Waals surface area contributed by atoms with Crippen LogP contribution in [-0.4, -0.2) is 19.1 Å². The van der Waals surface area contributed by atoms with Crippen LogP contribution in [0.3, 0.4) is 0 Å². The highest BCUT2D eigenvalue weighted by Crippen LogP contribution is 2.51. The van der Waals surface area contributed by atoms with Crippen LogP contribution in [0.2, 0.25) is 0 Å². The van der Waals surface area contributed by atoms with E-state index in [9.17, 15) is 0 Å². The van der Waals surface area contributed by atoms with Crippen LogP contribution < -0.4 is 4.90 Å². The Morgan fingerprint density at radius 1 is 0.353 bits per heavy atom. The molecule has 0 saturated heterocycles. The summed E-state index contributed by atoms with van der Waals surface area (Å²) in [6, 6.07) is 62.2. The third kappa shape index (κ3) is 4.03. The highest BCUT2D eigenvalue weighted by Gasteiger charge is 2.32. The number of nitrogens with zero attached hydrogens (tertiary/aromatic N) is 5. The zero-order valence-corrected chi connectivity index (χ0v) is 27.5. The summed E-state index contributed by atoms with van der Waals surface area (Å²) in [6.07, 6.45) is 0. The maximum Gasteiger partial charge on any atom is 0.235 e. The van der Waals surface area contributed by atoms with E-state index >= 15 is 0 Å². The van der Waals surface area contributed by atoms with Gasteiger partial charge >= 0.3 is 0 Å². The summed E-state index contributed by atoms with van der Waals surface area (Å²) in [4.78, 5) is 12.8. The Labute approximate surface area is 293 Å². The predicted octanol–water partition coefficient (Wildman–Crippen LogP) is 11.8. The lowest BCUT2D eigenvalue weighted by molar-refractivity contribution is 1.04. The molecule has 0 spiro atoms. The van der Waals surface area contributed by atoms with Gasteiger partial charge in [-0.1, -0.05) is 133 Å². The van der Waals surface area contributed by atoms with Crippen LogP contribution in [-0.2, 0) is 0 Å². The van der Waals surface area contributed by atoms with Crippen LogP contribution in [0, 0.1) is 0 Å². The summed E-state index contributed by atoms with van der Waals surface area (Å²) in [6.45, 7) is 0. The highest BCUT2D eigenvalue weighted by atomic mass is 15.3. The highest BCUT2D eigenvalue weighted by molar-refractivity contribution is 6.26. The van der Waals surface area contributed by atoms with Crippen molar-refractivity contribution >= 4 is 60.9 Å². The predicted molar refractivity (Wildman–Crippen MR) is 210 cm³/mol. The molecule has 3 aromatic heterocycles. The van der Waals surface area contributed by atoms with Gasteiger partial charge in [-0.15, -0.1) is 0 Å². The van der Waals surface area contributed by atoms with Gasteiger partial charge < -0.3 is 9.13 Å². The Morgan fingerprint density at radius 2 is 0.863 bits per heavy atom. The summed E-state index contributed by atoms with van der Waals surface area (Å²) >= 11 is 0. The number of benzene rings is 7. The number of rotatable bonds is 4. The first kappa shape index (κ1) is 27.9. The van der Waals surface area contributed by atoms with Gasteiger partial charge in [0.2, 0.25) is 5.95 Å². The fraction of sp³-hybridized carbons (Fsp3) is 0. The van der Waals surface area contributed by atoms with Gasteiger partial charge in [-0.25, -0.2) is 9.97 Å². The molecule has 0 atom stereocenters. The van der Waals surface area contributed by atoms with Crippen molar-refractivity contribution < 1.29 is 0 Å². The Bertz CT molecular complexity index is 2900. The third-order valence-corrected chi connectivity index (χ3v) is 10.2. The van der Waals surface area contributed by atoms with Crippen molar-refractivity contribution in [3.8, 4) is 33.9 Å². The first-order chi connectivity index (χ1) is 25.3. The number of fused-ring (bicyclic) bond motifs is 9. The van der Waals surface area contributed by atoms with E-state index in [1.54, 1.807) is 0 Å². The summed E-state index contributed by atoms with van der Waals surface area (Å²) in [5, 5.41) is 4.87. The molecule has 0 radical (unpaired) electrons. The van der Waals surface area contributed by atoms with Crippen LogP contribution in [0.1, 0.15) is 0 Å². The molecular weight excluding hydrogens is 623 g/mol. The maximum atomic E-state index is 5.30. The van der Waals surface area contributed by atoms with E-state index in [0.717, 1.165) is 50.8 Å². The van der Waals surface area contributed by atoms with Crippen molar-refractivity contribution in [1.29, 1.82) is 0 Å². The van der Waals surface area contributed by atoms with Crippen molar-refractivity contribution in [3.05, 3.63) is 176 Å². The molecule has 5 heteroatoms. The molecular formula is C46H29N5. The van der Waals surface area contributed by atoms with Gasteiger partial charge in [-0.2, -0.15) is 0 Å². The van der Waals surface area contributed by atoms with Crippen molar-refractivity contribution in [2.45, 2.75) is 0 Å². The fourth-order valence-electron chi connectivity index (χ4n) is 8.08. The minimum atomic E-state index is 0.634. The third-order valence-electron chi connectivity index (χ3n) is 10.2. The largest absolute Gasteiger partial charge is 0.307 e. The molecule has 0 unspecified atom stereocenters. The second-order valence-corrected chi connectivity index (χ2v) is 13.0. The number of anilines is 3. The molecule has 4 heterocycles. The lowest BCUT2D eigenvalue weighted by atomic mass is 10.1. The van der Waals surface area contributed by atoms with Crippen LogP contribution in [0.4, 0.5) is 17.3 Å².